The molecular formula is C8H9N3. The van der Waals surface area contributed by atoms with Crippen LogP contribution in [-0.2, 0) is 0 Å². The normalized spacial score (nSPS) is 10.6. The molecule has 0 bridgehead atoms. The van der Waals surface area contributed by atoms with Crippen molar-refractivity contribution in [3.63, 3.8) is 0 Å². The summed E-state index contributed by atoms with van der Waals surface area (Å²) in [5, 5.41) is 0.996. The Morgan fingerprint density at radius 1 is 1.45 bits per heavy atom. The number of anilines is 1. The number of pyridine rings is 1. The fraction of sp³-hybridized carbons (Fsp3) is 0.125. The topological polar surface area (TPSA) is 54.7 Å². The van der Waals surface area contributed by atoms with Crippen molar-refractivity contribution >= 4 is 16.7 Å². The first-order valence-electron chi connectivity index (χ1n) is 3.47. The van der Waals surface area contributed by atoms with Gasteiger partial charge in [0, 0.05) is 17.3 Å². The Hall–Kier alpha value is -1.51. The number of hydrogen-bond acceptors (Lipinski definition) is 2. The fourth-order valence-electron chi connectivity index (χ4n) is 1.12. The van der Waals surface area contributed by atoms with E-state index in [9.17, 15) is 0 Å². The number of nitrogens with two attached hydrogens (primary N) is 1. The highest BCUT2D eigenvalue weighted by Crippen LogP contribution is 2.17. The molecule has 2 aromatic heterocycles. The van der Waals surface area contributed by atoms with E-state index in [1.807, 2.05) is 19.1 Å². The molecule has 2 rings (SSSR count). The van der Waals surface area contributed by atoms with Crippen molar-refractivity contribution in [1.82, 2.24) is 9.97 Å². The number of aromatic nitrogens is 2. The Balaban J connectivity index is 2.86. The summed E-state index contributed by atoms with van der Waals surface area (Å²) < 4.78 is 0. The number of aryl methyl sites for hydroxylation is 1. The predicted molar refractivity (Wildman–Crippen MR) is 45.2 cm³/mol. The second-order valence-electron chi connectivity index (χ2n) is 2.59. The van der Waals surface area contributed by atoms with Crippen LogP contribution in [0.15, 0.2) is 18.3 Å². The van der Waals surface area contributed by atoms with Crippen molar-refractivity contribution in [2.75, 3.05) is 5.73 Å². The molecule has 3 N–H and O–H groups in total. The van der Waals surface area contributed by atoms with Gasteiger partial charge in [0.25, 0.3) is 0 Å². The number of nitrogen functional groups attached to an aromatic ring is 1. The summed E-state index contributed by atoms with van der Waals surface area (Å²) in [4.78, 5) is 7.25. The molecule has 0 spiro atoms. The zero-order valence-electron chi connectivity index (χ0n) is 6.26. The molecular weight excluding hydrogens is 138 g/mol. The molecule has 0 unspecified atom stereocenters. The molecule has 0 saturated carbocycles. The molecule has 3 nitrogen and oxygen atoms in total. The Morgan fingerprint density at radius 3 is 3.09 bits per heavy atom. The van der Waals surface area contributed by atoms with E-state index in [1.165, 1.54) is 0 Å². The largest absolute Gasteiger partial charge is 0.397 e. The lowest BCUT2D eigenvalue weighted by molar-refractivity contribution is 1.22. The maximum atomic E-state index is 5.66. The molecule has 0 aliphatic rings. The smallest absolute Gasteiger partial charge is 0.139 e. The third-order valence-corrected chi connectivity index (χ3v) is 1.71. The average molecular weight is 147 g/mol. The van der Waals surface area contributed by atoms with E-state index in [0.29, 0.717) is 0 Å². The first-order valence-corrected chi connectivity index (χ1v) is 3.47. The number of nitrogens with one attached hydrogen (secondary N) is 1. The maximum absolute atomic E-state index is 5.66. The van der Waals surface area contributed by atoms with Gasteiger partial charge in [-0.2, -0.15) is 0 Å². The van der Waals surface area contributed by atoms with Crippen LogP contribution >= 0.6 is 0 Å². The van der Waals surface area contributed by atoms with Crippen LogP contribution in [0.1, 0.15) is 5.69 Å². The summed E-state index contributed by atoms with van der Waals surface area (Å²) in [7, 11) is 0. The van der Waals surface area contributed by atoms with Crippen LogP contribution in [0.25, 0.3) is 11.0 Å². The number of aromatic amines is 1. The Bertz CT molecular complexity index is 389. The molecule has 0 saturated heterocycles. The third-order valence-electron chi connectivity index (χ3n) is 1.71. The Morgan fingerprint density at radius 2 is 2.27 bits per heavy atom. The van der Waals surface area contributed by atoms with E-state index in [4.69, 9.17) is 5.73 Å². The molecule has 0 aromatic carbocycles. The minimum absolute atomic E-state index is 0.757. The summed E-state index contributed by atoms with van der Waals surface area (Å²) in [5.74, 6) is 0. The summed E-state index contributed by atoms with van der Waals surface area (Å²) in [6.07, 6.45) is 1.76. The van der Waals surface area contributed by atoms with Crippen molar-refractivity contribution in [2.24, 2.45) is 0 Å². The van der Waals surface area contributed by atoms with Crippen molar-refractivity contribution in [3.8, 4) is 0 Å². The molecule has 3 heteroatoms. The van der Waals surface area contributed by atoms with Gasteiger partial charge in [-0.15, -0.1) is 0 Å². The van der Waals surface area contributed by atoms with Gasteiger partial charge < -0.3 is 10.7 Å². The zero-order valence-corrected chi connectivity index (χ0v) is 6.26. The first kappa shape index (κ1) is 6.22. The molecule has 0 atom stereocenters. The number of H-pyrrole nitrogens is 1. The highest BCUT2D eigenvalue weighted by molar-refractivity contribution is 5.88. The summed E-state index contributed by atoms with van der Waals surface area (Å²) in [6.45, 7) is 1.95. The quantitative estimate of drug-likeness (QED) is 0.592. The van der Waals surface area contributed by atoms with Crippen LogP contribution in [0.2, 0.25) is 0 Å². The summed E-state index contributed by atoms with van der Waals surface area (Å²) >= 11 is 0. The number of nitrogens with zero attached hydrogens (tertiary/aromatic N) is 1. The van der Waals surface area contributed by atoms with Crippen molar-refractivity contribution in [2.45, 2.75) is 6.92 Å². The van der Waals surface area contributed by atoms with Crippen LogP contribution < -0.4 is 5.73 Å². The van der Waals surface area contributed by atoms with Gasteiger partial charge in [0.2, 0.25) is 0 Å². The van der Waals surface area contributed by atoms with Gasteiger partial charge in [0.15, 0.2) is 0 Å². The lowest BCUT2D eigenvalue weighted by Gasteiger charge is -1.91. The van der Waals surface area contributed by atoms with Gasteiger partial charge in [0.1, 0.15) is 5.65 Å². The van der Waals surface area contributed by atoms with Crippen LogP contribution in [0.5, 0.6) is 0 Å². The van der Waals surface area contributed by atoms with Gasteiger partial charge in [-0.3, -0.25) is 0 Å². The molecule has 0 radical (unpaired) electrons. The molecule has 2 aromatic rings. The van der Waals surface area contributed by atoms with E-state index in [1.54, 1.807) is 6.20 Å². The number of fused-ring (bicyclic) bond motifs is 1. The van der Waals surface area contributed by atoms with E-state index < -0.39 is 0 Å². The second-order valence-corrected chi connectivity index (χ2v) is 2.59. The van der Waals surface area contributed by atoms with Crippen molar-refractivity contribution < 1.29 is 0 Å². The number of rotatable bonds is 0. The van der Waals surface area contributed by atoms with Crippen molar-refractivity contribution in [3.05, 3.63) is 24.0 Å². The molecule has 11 heavy (non-hydrogen) atoms. The monoisotopic (exact) mass is 147 g/mol. The predicted octanol–water partition coefficient (Wildman–Crippen LogP) is 1.45. The molecule has 0 amide bonds. The van der Waals surface area contributed by atoms with Crippen LogP contribution in [0, 0.1) is 6.92 Å². The first-order chi connectivity index (χ1) is 5.27. The average Bonchev–Trinajstić information content (AvgIpc) is 2.32. The van der Waals surface area contributed by atoms with Gasteiger partial charge >= 0.3 is 0 Å². The lowest BCUT2D eigenvalue weighted by atomic mass is 10.3. The zero-order chi connectivity index (χ0) is 7.84. The maximum Gasteiger partial charge on any atom is 0.139 e. The SMILES string of the molecule is Cc1ccc2c(N)c[nH]c2n1. The van der Waals surface area contributed by atoms with E-state index >= 15 is 0 Å². The standard InChI is InChI=1S/C8H9N3/c1-5-2-3-6-7(9)4-10-8(6)11-5/h2-4H,9H2,1H3,(H,10,11). The van der Waals surface area contributed by atoms with Gasteiger partial charge in [0.05, 0.1) is 5.69 Å². The van der Waals surface area contributed by atoms with Crippen molar-refractivity contribution in [1.29, 1.82) is 0 Å². The van der Waals surface area contributed by atoms with Gasteiger partial charge in [-0.25, -0.2) is 4.98 Å². The molecule has 56 valence electrons. The van der Waals surface area contributed by atoms with E-state index in [-0.39, 0.29) is 0 Å². The second kappa shape index (κ2) is 1.99. The van der Waals surface area contributed by atoms with Crippen LogP contribution in [0.3, 0.4) is 0 Å². The third kappa shape index (κ3) is 0.852. The molecule has 0 aliphatic heterocycles. The fourth-order valence-corrected chi connectivity index (χ4v) is 1.12. The summed E-state index contributed by atoms with van der Waals surface area (Å²) in [5.41, 5.74) is 8.27. The molecule has 2 heterocycles. The summed E-state index contributed by atoms with van der Waals surface area (Å²) in [6, 6.07) is 3.93. The Labute approximate surface area is 64.2 Å². The van der Waals surface area contributed by atoms with E-state index in [2.05, 4.69) is 9.97 Å². The minimum Gasteiger partial charge on any atom is -0.397 e. The minimum atomic E-state index is 0.757. The number of hydrogen-bond donors (Lipinski definition) is 2. The Kier molecular flexibility index (Phi) is 1.12. The van der Waals surface area contributed by atoms with Gasteiger partial charge in [-0.05, 0) is 19.1 Å². The van der Waals surface area contributed by atoms with Gasteiger partial charge in [-0.1, -0.05) is 0 Å². The van der Waals surface area contributed by atoms with E-state index in [0.717, 1.165) is 22.4 Å². The van der Waals surface area contributed by atoms with Crippen LogP contribution in [0.4, 0.5) is 5.69 Å². The molecule has 0 aliphatic carbocycles. The highest BCUT2D eigenvalue weighted by Gasteiger charge is 1.99. The lowest BCUT2D eigenvalue weighted by Crippen LogP contribution is -1.83. The molecule has 0 fully saturated rings. The van der Waals surface area contributed by atoms with Crippen LogP contribution in [-0.4, -0.2) is 9.97 Å². The highest BCUT2D eigenvalue weighted by atomic mass is 14.9.